The van der Waals surface area contributed by atoms with Gasteiger partial charge in [-0.3, -0.25) is 9.59 Å². The van der Waals surface area contributed by atoms with Crippen LogP contribution in [-0.2, 0) is 9.59 Å². The molecule has 1 atom stereocenters. The zero-order valence-corrected chi connectivity index (χ0v) is 21.2. The molecule has 6 nitrogen and oxygen atoms in total. The molecule has 3 N–H and O–H groups in total. The molecule has 0 rings (SSSR count). The second-order valence-electron chi connectivity index (χ2n) is 9.14. The Hall–Kier alpha value is -1.40. The normalized spacial score (nSPS) is 12.3. The lowest BCUT2D eigenvalue weighted by molar-refractivity contribution is -0.144. The van der Waals surface area contributed by atoms with Crippen LogP contribution in [0.1, 0.15) is 116 Å². The number of carboxylic acids is 1. The molecule has 0 aliphatic rings. The van der Waals surface area contributed by atoms with E-state index >= 15 is 0 Å². The topological polar surface area (TPSA) is 98.1 Å². The molecule has 1 unspecified atom stereocenters. The van der Waals surface area contributed by atoms with Crippen LogP contribution >= 0.6 is 0 Å². The van der Waals surface area contributed by atoms with Crippen molar-refractivity contribution in [3.8, 4) is 0 Å². The molecular formula is C27H51NO5. The predicted molar refractivity (Wildman–Crippen MR) is 135 cm³/mol. The summed E-state index contributed by atoms with van der Waals surface area (Å²) in [5.74, 6) is -2.25. The number of rotatable bonds is 24. The zero-order valence-electron chi connectivity index (χ0n) is 21.2. The van der Waals surface area contributed by atoms with Crippen molar-refractivity contribution in [2.24, 2.45) is 5.92 Å². The van der Waals surface area contributed by atoms with Gasteiger partial charge < -0.3 is 20.2 Å². The zero-order chi connectivity index (χ0) is 24.6. The van der Waals surface area contributed by atoms with E-state index in [-0.39, 0.29) is 38.6 Å². The van der Waals surface area contributed by atoms with E-state index in [1.807, 2.05) is 6.08 Å². The minimum absolute atomic E-state index is 0.106. The molecule has 0 spiro atoms. The lowest BCUT2D eigenvalue weighted by Gasteiger charge is -2.21. The molecule has 0 radical (unpaired) electrons. The molecule has 0 bridgehead atoms. The average molecular weight is 470 g/mol. The van der Waals surface area contributed by atoms with Crippen LogP contribution in [0.4, 0.5) is 0 Å². The average Bonchev–Trinajstić information content (AvgIpc) is 2.79. The first kappa shape index (κ1) is 31.6. The van der Waals surface area contributed by atoms with Crippen LogP contribution in [0.5, 0.6) is 0 Å². The third-order valence-electron chi connectivity index (χ3n) is 6.15. The number of aliphatic carboxylic acids is 1. The number of unbranched alkanes of at least 4 members (excludes halogenated alkanes) is 15. The first-order valence-electron chi connectivity index (χ1n) is 13.5. The Kier molecular flexibility index (Phi) is 22.7. The molecule has 0 saturated heterocycles. The first-order valence-corrected chi connectivity index (χ1v) is 13.5. The number of amides is 1. The standard InChI is InChI=1S/C27H51NO5/c1-2-3-4-5-6-7-8-9-10-11-12-13-14-15-16-17-18-19-25(27(32)33)24-26(31)28(20-22-29)21-23-30/h18-19,25,29-30H,2-17,20-24H2,1H3,(H,32,33). The van der Waals surface area contributed by atoms with Gasteiger partial charge in [0.15, 0.2) is 0 Å². The van der Waals surface area contributed by atoms with E-state index in [9.17, 15) is 14.7 Å². The molecule has 0 aliphatic carbocycles. The van der Waals surface area contributed by atoms with E-state index in [0.717, 1.165) is 19.3 Å². The van der Waals surface area contributed by atoms with Gasteiger partial charge in [0.25, 0.3) is 0 Å². The van der Waals surface area contributed by atoms with Crippen LogP contribution in [-0.4, -0.2) is 58.4 Å². The van der Waals surface area contributed by atoms with Gasteiger partial charge in [0, 0.05) is 19.5 Å². The van der Waals surface area contributed by atoms with E-state index < -0.39 is 11.9 Å². The first-order chi connectivity index (χ1) is 16.1. The maximum absolute atomic E-state index is 12.2. The largest absolute Gasteiger partial charge is 0.481 e. The Morgan fingerprint density at radius 3 is 1.55 bits per heavy atom. The fourth-order valence-electron chi connectivity index (χ4n) is 4.05. The fraction of sp³-hybridized carbons (Fsp3) is 0.852. The predicted octanol–water partition coefficient (Wildman–Crippen LogP) is 5.71. The van der Waals surface area contributed by atoms with Crippen molar-refractivity contribution in [1.29, 1.82) is 0 Å². The highest BCUT2D eigenvalue weighted by Crippen LogP contribution is 2.14. The quantitative estimate of drug-likeness (QED) is 0.124. The van der Waals surface area contributed by atoms with Crippen molar-refractivity contribution in [2.45, 2.75) is 116 Å². The summed E-state index contributed by atoms with van der Waals surface area (Å²) in [5.41, 5.74) is 0. The van der Waals surface area contributed by atoms with Gasteiger partial charge in [-0.15, -0.1) is 0 Å². The van der Waals surface area contributed by atoms with Gasteiger partial charge in [0.05, 0.1) is 19.1 Å². The fourth-order valence-corrected chi connectivity index (χ4v) is 4.05. The van der Waals surface area contributed by atoms with Crippen LogP contribution < -0.4 is 0 Å². The molecular weight excluding hydrogens is 418 g/mol. The van der Waals surface area contributed by atoms with E-state index in [1.165, 1.54) is 88.4 Å². The number of aliphatic hydroxyl groups is 2. The summed E-state index contributed by atoms with van der Waals surface area (Å²) in [5, 5.41) is 27.4. The molecule has 0 aromatic carbocycles. The molecule has 33 heavy (non-hydrogen) atoms. The SMILES string of the molecule is CCCCCCCCCCCCCCCCCC=CC(CC(=O)N(CCO)CCO)C(=O)O. The van der Waals surface area contributed by atoms with Crippen molar-refractivity contribution in [3.63, 3.8) is 0 Å². The van der Waals surface area contributed by atoms with Crippen molar-refractivity contribution in [1.82, 2.24) is 4.90 Å². The van der Waals surface area contributed by atoms with Gasteiger partial charge in [-0.25, -0.2) is 0 Å². The van der Waals surface area contributed by atoms with Crippen LogP contribution in [0.2, 0.25) is 0 Å². The Balaban J connectivity index is 3.75. The number of carbonyl (C=O) groups excluding carboxylic acids is 1. The van der Waals surface area contributed by atoms with Crippen molar-refractivity contribution in [2.75, 3.05) is 26.3 Å². The maximum atomic E-state index is 12.2. The number of hydrogen-bond acceptors (Lipinski definition) is 4. The molecule has 1 amide bonds. The Labute approximate surface area is 202 Å². The van der Waals surface area contributed by atoms with Gasteiger partial charge in [0.2, 0.25) is 5.91 Å². The lowest BCUT2D eigenvalue weighted by Crippen LogP contribution is -2.37. The number of carboxylic acid groups (broad SMARTS) is 1. The molecule has 0 heterocycles. The van der Waals surface area contributed by atoms with Gasteiger partial charge in [-0.05, 0) is 12.8 Å². The van der Waals surface area contributed by atoms with Gasteiger partial charge >= 0.3 is 5.97 Å². The van der Waals surface area contributed by atoms with Gasteiger partial charge in [-0.2, -0.15) is 0 Å². The Morgan fingerprint density at radius 2 is 1.15 bits per heavy atom. The summed E-state index contributed by atoms with van der Waals surface area (Å²) in [6.07, 6.45) is 24.0. The summed E-state index contributed by atoms with van der Waals surface area (Å²) in [6, 6.07) is 0. The molecule has 0 saturated carbocycles. The maximum Gasteiger partial charge on any atom is 0.310 e. The van der Waals surface area contributed by atoms with Gasteiger partial charge in [-0.1, -0.05) is 109 Å². The molecule has 6 heteroatoms. The summed E-state index contributed by atoms with van der Waals surface area (Å²) >= 11 is 0. The minimum Gasteiger partial charge on any atom is -0.481 e. The van der Waals surface area contributed by atoms with Crippen molar-refractivity contribution < 1.29 is 24.9 Å². The highest BCUT2D eigenvalue weighted by atomic mass is 16.4. The second-order valence-corrected chi connectivity index (χ2v) is 9.14. The molecule has 0 aromatic rings. The number of hydrogen-bond donors (Lipinski definition) is 3. The third-order valence-corrected chi connectivity index (χ3v) is 6.15. The monoisotopic (exact) mass is 469 g/mol. The summed E-state index contributed by atoms with van der Waals surface area (Å²) < 4.78 is 0. The number of allylic oxidation sites excluding steroid dienone is 1. The summed E-state index contributed by atoms with van der Waals surface area (Å²) in [6.45, 7) is 2.05. The third kappa shape index (κ3) is 19.7. The van der Waals surface area contributed by atoms with Crippen LogP contribution in [0.15, 0.2) is 12.2 Å². The minimum atomic E-state index is -1.02. The molecule has 0 aromatic heterocycles. The van der Waals surface area contributed by atoms with Crippen LogP contribution in [0.3, 0.4) is 0 Å². The highest BCUT2D eigenvalue weighted by Gasteiger charge is 2.21. The molecule has 0 fully saturated rings. The van der Waals surface area contributed by atoms with Crippen molar-refractivity contribution >= 4 is 11.9 Å². The van der Waals surface area contributed by atoms with E-state index in [0.29, 0.717) is 0 Å². The molecule has 194 valence electrons. The van der Waals surface area contributed by atoms with Gasteiger partial charge in [0.1, 0.15) is 0 Å². The van der Waals surface area contributed by atoms with E-state index in [2.05, 4.69) is 6.92 Å². The Morgan fingerprint density at radius 1 is 0.727 bits per heavy atom. The number of aliphatic hydroxyl groups excluding tert-OH is 2. The highest BCUT2D eigenvalue weighted by molar-refractivity contribution is 5.83. The lowest BCUT2D eigenvalue weighted by atomic mass is 10.0. The van der Waals surface area contributed by atoms with E-state index in [1.54, 1.807) is 6.08 Å². The van der Waals surface area contributed by atoms with Crippen molar-refractivity contribution in [3.05, 3.63) is 12.2 Å². The summed E-state index contributed by atoms with van der Waals surface area (Å²) in [4.78, 5) is 25.0. The molecule has 0 aliphatic heterocycles. The van der Waals surface area contributed by atoms with Crippen LogP contribution in [0, 0.1) is 5.92 Å². The van der Waals surface area contributed by atoms with E-state index in [4.69, 9.17) is 10.2 Å². The number of nitrogens with zero attached hydrogens (tertiary/aromatic N) is 1. The number of carbonyl (C=O) groups is 2. The Bertz CT molecular complexity index is 489. The smallest absolute Gasteiger partial charge is 0.310 e. The summed E-state index contributed by atoms with van der Waals surface area (Å²) in [7, 11) is 0. The van der Waals surface area contributed by atoms with Crippen LogP contribution in [0.25, 0.3) is 0 Å². The second kappa shape index (κ2) is 23.7.